The molecule has 0 saturated carbocycles. The van der Waals surface area contributed by atoms with Crippen molar-refractivity contribution >= 4 is 17.7 Å². The summed E-state index contributed by atoms with van der Waals surface area (Å²) in [5, 5.41) is 13.9. The molecule has 1 atom stereocenters. The lowest BCUT2D eigenvalue weighted by Crippen LogP contribution is -2.48. The summed E-state index contributed by atoms with van der Waals surface area (Å²) in [5.74, 6) is 2.88. The van der Waals surface area contributed by atoms with Gasteiger partial charge in [0.15, 0.2) is 5.96 Å². The van der Waals surface area contributed by atoms with Gasteiger partial charge in [0.05, 0.1) is 6.10 Å². The molecule has 0 aliphatic carbocycles. The second-order valence-corrected chi connectivity index (χ2v) is 9.67. The summed E-state index contributed by atoms with van der Waals surface area (Å²) in [6.45, 7) is 10.5. The maximum Gasteiger partial charge on any atom is 0.193 e. The number of nitrogens with zero attached hydrogens (tertiary/aromatic N) is 3. The minimum atomic E-state index is -0.103. The van der Waals surface area contributed by atoms with E-state index >= 15 is 0 Å². The molecule has 28 heavy (non-hydrogen) atoms. The molecule has 0 bridgehead atoms. The molecule has 2 N–H and O–H groups in total. The molecule has 6 heteroatoms. The van der Waals surface area contributed by atoms with E-state index in [1.54, 1.807) is 0 Å². The zero-order valence-electron chi connectivity index (χ0n) is 17.6. The second-order valence-electron chi connectivity index (χ2n) is 8.32. The lowest BCUT2D eigenvalue weighted by molar-refractivity contribution is 0.0792. The van der Waals surface area contributed by atoms with Crippen LogP contribution >= 0.6 is 11.8 Å². The topological polar surface area (TPSA) is 51.1 Å². The molecule has 2 aliphatic rings. The Balaban J connectivity index is 1.48. The largest absolute Gasteiger partial charge is 0.393 e. The van der Waals surface area contributed by atoms with Gasteiger partial charge < -0.3 is 15.3 Å². The average Bonchev–Trinajstić information content (AvgIpc) is 2.71. The number of thioether (sulfide) groups is 1. The van der Waals surface area contributed by atoms with Crippen molar-refractivity contribution in [1.82, 2.24) is 15.1 Å². The van der Waals surface area contributed by atoms with Crippen molar-refractivity contribution in [3.05, 3.63) is 35.4 Å². The number of likely N-dealkylation sites (tertiary alicyclic amines) is 1. The Morgan fingerprint density at radius 1 is 1.18 bits per heavy atom. The first kappa shape index (κ1) is 21.5. The van der Waals surface area contributed by atoms with E-state index in [1.165, 1.54) is 16.9 Å². The van der Waals surface area contributed by atoms with E-state index < -0.39 is 0 Å². The van der Waals surface area contributed by atoms with Gasteiger partial charge >= 0.3 is 0 Å². The molecule has 2 aliphatic heterocycles. The van der Waals surface area contributed by atoms with Crippen molar-refractivity contribution in [2.45, 2.75) is 51.1 Å². The number of benzene rings is 1. The van der Waals surface area contributed by atoms with Gasteiger partial charge in [0.2, 0.25) is 0 Å². The van der Waals surface area contributed by atoms with Gasteiger partial charge in [0, 0.05) is 57.3 Å². The number of nitrogens with one attached hydrogen (secondary N) is 1. The summed E-state index contributed by atoms with van der Waals surface area (Å²) in [7, 11) is 1.88. The summed E-state index contributed by atoms with van der Waals surface area (Å²) >= 11 is 2.09. The minimum absolute atomic E-state index is 0.103. The molecular weight excluding hydrogens is 368 g/mol. The van der Waals surface area contributed by atoms with Crippen molar-refractivity contribution in [1.29, 1.82) is 0 Å². The van der Waals surface area contributed by atoms with Gasteiger partial charge in [-0.05, 0) is 29.9 Å². The predicted molar refractivity (Wildman–Crippen MR) is 120 cm³/mol. The molecule has 156 valence electrons. The summed E-state index contributed by atoms with van der Waals surface area (Å²) < 4.78 is 0. The van der Waals surface area contributed by atoms with Crippen molar-refractivity contribution < 1.29 is 5.11 Å². The quantitative estimate of drug-likeness (QED) is 0.584. The van der Waals surface area contributed by atoms with Gasteiger partial charge in [-0.3, -0.25) is 9.89 Å². The van der Waals surface area contributed by atoms with Crippen molar-refractivity contribution in [2.24, 2.45) is 10.9 Å². The zero-order valence-corrected chi connectivity index (χ0v) is 18.4. The van der Waals surface area contributed by atoms with Crippen molar-refractivity contribution in [3.63, 3.8) is 0 Å². The lowest BCUT2D eigenvalue weighted by Gasteiger charge is -2.36. The molecule has 0 aromatic heterocycles. The van der Waals surface area contributed by atoms with Crippen LogP contribution < -0.4 is 5.32 Å². The van der Waals surface area contributed by atoms with E-state index in [-0.39, 0.29) is 6.10 Å². The Morgan fingerprint density at radius 2 is 1.86 bits per heavy atom. The van der Waals surface area contributed by atoms with E-state index in [4.69, 9.17) is 0 Å². The molecule has 2 fully saturated rings. The Morgan fingerprint density at radius 3 is 2.50 bits per heavy atom. The van der Waals surface area contributed by atoms with Gasteiger partial charge in [0.25, 0.3) is 0 Å². The first-order chi connectivity index (χ1) is 13.5. The van der Waals surface area contributed by atoms with Crippen LogP contribution in [-0.2, 0) is 13.1 Å². The fraction of sp³-hybridized carbons (Fsp3) is 0.682. The molecule has 5 nitrogen and oxygen atoms in total. The number of guanidine groups is 1. The Labute approximate surface area is 174 Å². The SMILES string of the molecule is CN=C(NCc1ccc(CN2CCC(O)CC2)cc1)N1CCSC(C(C)C)C1. The first-order valence-corrected chi connectivity index (χ1v) is 11.7. The number of rotatable bonds is 5. The highest BCUT2D eigenvalue weighted by Crippen LogP contribution is 2.25. The molecule has 1 unspecified atom stereocenters. The second kappa shape index (κ2) is 10.5. The molecule has 2 heterocycles. The monoisotopic (exact) mass is 404 g/mol. The molecule has 2 saturated heterocycles. The molecule has 0 spiro atoms. The van der Waals surface area contributed by atoms with E-state index in [0.717, 1.165) is 58.1 Å². The molecule has 1 aromatic rings. The summed E-state index contributed by atoms with van der Waals surface area (Å²) in [6.07, 6.45) is 1.69. The lowest BCUT2D eigenvalue weighted by atomic mass is 10.1. The number of hydrogen-bond acceptors (Lipinski definition) is 4. The standard InChI is InChI=1S/C22H36N4OS/c1-17(2)21-16-26(12-13-28-21)22(23-3)24-14-18-4-6-19(7-5-18)15-25-10-8-20(27)9-11-25/h4-7,17,20-21,27H,8-16H2,1-3H3,(H,23,24). The van der Waals surface area contributed by atoms with Gasteiger partial charge in [-0.15, -0.1) is 0 Å². The third-order valence-corrected chi connectivity index (χ3v) is 7.33. The van der Waals surface area contributed by atoms with Crippen LogP contribution in [0.4, 0.5) is 0 Å². The van der Waals surface area contributed by atoms with Crippen LogP contribution in [0.5, 0.6) is 0 Å². The van der Waals surface area contributed by atoms with Gasteiger partial charge in [0.1, 0.15) is 0 Å². The third kappa shape index (κ3) is 6.13. The maximum atomic E-state index is 9.64. The highest BCUT2D eigenvalue weighted by molar-refractivity contribution is 8.00. The van der Waals surface area contributed by atoms with E-state index in [0.29, 0.717) is 11.2 Å². The molecular formula is C22H36N4OS. The number of aliphatic hydroxyl groups is 1. The van der Waals surface area contributed by atoms with Crippen LogP contribution in [-0.4, -0.2) is 71.2 Å². The fourth-order valence-electron chi connectivity index (χ4n) is 3.88. The summed E-state index contributed by atoms with van der Waals surface area (Å²) in [4.78, 5) is 9.35. The van der Waals surface area contributed by atoms with E-state index in [9.17, 15) is 5.11 Å². The van der Waals surface area contributed by atoms with Crippen LogP contribution in [0.25, 0.3) is 0 Å². The minimum Gasteiger partial charge on any atom is -0.393 e. The Kier molecular flexibility index (Phi) is 8.06. The summed E-state index contributed by atoms with van der Waals surface area (Å²) in [6, 6.07) is 8.91. The number of aliphatic imine (C=N–C) groups is 1. The van der Waals surface area contributed by atoms with Crippen LogP contribution in [0.15, 0.2) is 29.3 Å². The number of aliphatic hydroxyl groups excluding tert-OH is 1. The molecule has 0 radical (unpaired) electrons. The van der Waals surface area contributed by atoms with Crippen molar-refractivity contribution in [3.8, 4) is 0 Å². The number of hydrogen-bond donors (Lipinski definition) is 2. The van der Waals surface area contributed by atoms with Gasteiger partial charge in [-0.25, -0.2) is 0 Å². The third-order valence-electron chi connectivity index (χ3n) is 5.79. The first-order valence-electron chi connectivity index (χ1n) is 10.6. The van der Waals surface area contributed by atoms with E-state index in [2.05, 4.69) is 70.0 Å². The highest BCUT2D eigenvalue weighted by atomic mass is 32.2. The summed E-state index contributed by atoms with van der Waals surface area (Å²) in [5.41, 5.74) is 2.63. The fourth-order valence-corrected chi connectivity index (χ4v) is 5.18. The molecule has 1 aromatic carbocycles. The zero-order chi connectivity index (χ0) is 19.9. The highest BCUT2D eigenvalue weighted by Gasteiger charge is 2.24. The molecule has 0 amide bonds. The average molecular weight is 405 g/mol. The normalized spacial score (nSPS) is 22.7. The maximum absolute atomic E-state index is 9.64. The smallest absolute Gasteiger partial charge is 0.193 e. The van der Waals surface area contributed by atoms with Crippen molar-refractivity contribution in [2.75, 3.05) is 39.0 Å². The Hall–Kier alpha value is -1.24. The van der Waals surface area contributed by atoms with Gasteiger partial charge in [-0.1, -0.05) is 38.1 Å². The van der Waals surface area contributed by atoms with Crippen LogP contribution in [0.2, 0.25) is 0 Å². The van der Waals surface area contributed by atoms with Crippen LogP contribution in [0.3, 0.4) is 0 Å². The molecule has 3 rings (SSSR count). The van der Waals surface area contributed by atoms with Gasteiger partial charge in [-0.2, -0.15) is 11.8 Å². The van der Waals surface area contributed by atoms with E-state index in [1.807, 2.05) is 7.05 Å². The van der Waals surface area contributed by atoms with Crippen LogP contribution in [0.1, 0.15) is 37.8 Å². The predicted octanol–water partition coefficient (Wildman–Crippen LogP) is 2.79. The van der Waals surface area contributed by atoms with Crippen LogP contribution in [0, 0.1) is 5.92 Å². The Bertz CT molecular complexity index is 626. The number of piperidine rings is 1.